The van der Waals surface area contributed by atoms with Crippen LogP contribution in [0.3, 0.4) is 0 Å². The van der Waals surface area contributed by atoms with Crippen molar-refractivity contribution in [2.24, 2.45) is 0 Å². The van der Waals surface area contributed by atoms with Gasteiger partial charge in [-0.15, -0.1) is 0 Å². The number of benzene rings is 2. The SMILES string of the molecule is O=C(CCCO)Nc1ccc(OCc2ccccc2)cc1. The van der Waals surface area contributed by atoms with E-state index in [0.29, 0.717) is 19.4 Å². The fraction of sp³-hybridized carbons (Fsp3) is 0.235. The monoisotopic (exact) mass is 285 g/mol. The lowest BCUT2D eigenvalue weighted by atomic mass is 10.2. The van der Waals surface area contributed by atoms with Gasteiger partial charge in [-0.05, 0) is 36.2 Å². The average molecular weight is 285 g/mol. The largest absolute Gasteiger partial charge is 0.489 e. The van der Waals surface area contributed by atoms with Crippen molar-refractivity contribution in [3.05, 3.63) is 60.2 Å². The number of carbonyl (C=O) groups excluding carboxylic acids is 1. The molecule has 0 radical (unpaired) electrons. The molecule has 21 heavy (non-hydrogen) atoms. The van der Waals surface area contributed by atoms with Crippen LogP contribution in [0.2, 0.25) is 0 Å². The van der Waals surface area contributed by atoms with Crippen LogP contribution in [0.4, 0.5) is 5.69 Å². The van der Waals surface area contributed by atoms with Crippen LogP contribution in [0, 0.1) is 0 Å². The summed E-state index contributed by atoms with van der Waals surface area (Å²) in [5, 5.41) is 11.4. The third-order valence-electron chi connectivity index (χ3n) is 2.95. The maximum absolute atomic E-state index is 11.5. The van der Waals surface area contributed by atoms with Gasteiger partial charge in [0.25, 0.3) is 0 Å². The van der Waals surface area contributed by atoms with Crippen LogP contribution in [-0.2, 0) is 11.4 Å². The molecular weight excluding hydrogens is 266 g/mol. The highest BCUT2D eigenvalue weighted by Crippen LogP contribution is 2.17. The van der Waals surface area contributed by atoms with Crippen molar-refractivity contribution in [3.8, 4) is 5.75 Å². The minimum atomic E-state index is -0.0954. The molecule has 0 unspecified atom stereocenters. The fourth-order valence-corrected chi connectivity index (χ4v) is 1.84. The highest BCUT2D eigenvalue weighted by molar-refractivity contribution is 5.90. The number of rotatable bonds is 7. The molecule has 2 aromatic carbocycles. The number of aliphatic hydroxyl groups is 1. The van der Waals surface area contributed by atoms with Crippen LogP contribution < -0.4 is 10.1 Å². The quantitative estimate of drug-likeness (QED) is 0.822. The molecule has 4 nitrogen and oxygen atoms in total. The summed E-state index contributed by atoms with van der Waals surface area (Å²) in [6.07, 6.45) is 0.798. The van der Waals surface area contributed by atoms with Gasteiger partial charge < -0.3 is 15.2 Å². The van der Waals surface area contributed by atoms with Gasteiger partial charge in [-0.3, -0.25) is 4.79 Å². The summed E-state index contributed by atoms with van der Waals surface area (Å²) >= 11 is 0. The Bertz CT molecular complexity index is 552. The van der Waals surface area contributed by atoms with Gasteiger partial charge in [0.1, 0.15) is 12.4 Å². The number of amides is 1. The Labute approximate surface area is 124 Å². The molecule has 0 heterocycles. The van der Waals surface area contributed by atoms with E-state index in [1.165, 1.54) is 0 Å². The molecule has 0 aliphatic rings. The number of hydrogen-bond acceptors (Lipinski definition) is 3. The van der Waals surface area contributed by atoms with Gasteiger partial charge in [-0.2, -0.15) is 0 Å². The number of carbonyl (C=O) groups is 1. The van der Waals surface area contributed by atoms with Crippen molar-refractivity contribution < 1.29 is 14.6 Å². The summed E-state index contributed by atoms with van der Waals surface area (Å²) in [5.74, 6) is 0.661. The molecule has 0 aromatic heterocycles. The van der Waals surface area contributed by atoms with Crippen LogP contribution in [0.1, 0.15) is 18.4 Å². The van der Waals surface area contributed by atoms with Crippen LogP contribution in [0.15, 0.2) is 54.6 Å². The Morgan fingerprint density at radius 2 is 1.76 bits per heavy atom. The first-order valence-electron chi connectivity index (χ1n) is 6.95. The molecule has 0 aliphatic heterocycles. The van der Waals surface area contributed by atoms with Crippen molar-refractivity contribution in [3.63, 3.8) is 0 Å². The fourth-order valence-electron chi connectivity index (χ4n) is 1.84. The second kappa shape index (κ2) is 8.07. The Morgan fingerprint density at radius 3 is 2.43 bits per heavy atom. The predicted molar refractivity (Wildman–Crippen MR) is 82.2 cm³/mol. The maximum atomic E-state index is 11.5. The molecule has 0 bridgehead atoms. The van der Waals surface area contributed by atoms with Gasteiger partial charge >= 0.3 is 0 Å². The van der Waals surface area contributed by atoms with Crippen molar-refractivity contribution in [1.29, 1.82) is 0 Å². The zero-order valence-corrected chi connectivity index (χ0v) is 11.8. The first-order valence-corrected chi connectivity index (χ1v) is 6.95. The first kappa shape index (κ1) is 15.1. The second-order valence-corrected chi connectivity index (χ2v) is 4.67. The lowest BCUT2D eigenvalue weighted by Gasteiger charge is -2.08. The number of aliphatic hydroxyl groups excluding tert-OH is 1. The van der Waals surface area contributed by atoms with Gasteiger partial charge in [0.05, 0.1) is 0 Å². The standard InChI is InChI=1S/C17H19NO3/c19-12-4-7-17(20)18-15-8-10-16(11-9-15)21-13-14-5-2-1-3-6-14/h1-3,5-6,8-11,19H,4,7,12-13H2,(H,18,20). The number of anilines is 1. The molecule has 2 rings (SSSR count). The van der Waals surface area contributed by atoms with Crippen LogP contribution >= 0.6 is 0 Å². The Kier molecular flexibility index (Phi) is 5.79. The lowest BCUT2D eigenvalue weighted by Crippen LogP contribution is -2.11. The maximum Gasteiger partial charge on any atom is 0.224 e. The molecule has 1 amide bonds. The molecule has 0 atom stereocenters. The van der Waals surface area contributed by atoms with E-state index in [9.17, 15) is 4.79 Å². The summed E-state index contributed by atoms with van der Waals surface area (Å²) in [7, 11) is 0. The Morgan fingerprint density at radius 1 is 1.05 bits per heavy atom. The highest BCUT2D eigenvalue weighted by Gasteiger charge is 2.02. The van der Waals surface area contributed by atoms with E-state index >= 15 is 0 Å². The van der Waals surface area contributed by atoms with Crippen LogP contribution in [0.5, 0.6) is 5.75 Å². The summed E-state index contributed by atoms with van der Waals surface area (Å²) < 4.78 is 5.67. The number of hydrogen-bond donors (Lipinski definition) is 2. The third-order valence-corrected chi connectivity index (χ3v) is 2.95. The van der Waals surface area contributed by atoms with Crippen molar-refractivity contribution in [1.82, 2.24) is 0 Å². The topological polar surface area (TPSA) is 58.6 Å². The van der Waals surface area contributed by atoms with Crippen molar-refractivity contribution in [2.45, 2.75) is 19.4 Å². The van der Waals surface area contributed by atoms with Crippen molar-refractivity contribution in [2.75, 3.05) is 11.9 Å². The third kappa shape index (κ3) is 5.28. The van der Waals surface area contributed by atoms with E-state index in [-0.39, 0.29) is 12.5 Å². The number of ether oxygens (including phenoxy) is 1. The highest BCUT2D eigenvalue weighted by atomic mass is 16.5. The molecule has 0 aliphatic carbocycles. The van der Waals surface area contributed by atoms with E-state index in [4.69, 9.17) is 9.84 Å². The van der Waals surface area contributed by atoms with E-state index in [1.54, 1.807) is 12.1 Å². The zero-order chi connectivity index (χ0) is 14.9. The van der Waals surface area contributed by atoms with Gasteiger partial charge in [0.15, 0.2) is 0 Å². The molecule has 0 saturated heterocycles. The average Bonchev–Trinajstić information content (AvgIpc) is 2.53. The molecule has 2 aromatic rings. The second-order valence-electron chi connectivity index (χ2n) is 4.67. The van der Waals surface area contributed by atoms with E-state index in [1.807, 2.05) is 42.5 Å². The van der Waals surface area contributed by atoms with Gasteiger partial charge in [0.2, 0.25) is 5.91 Å². The summed E-state index contributed by atoms with van der Waals surface area (Å²) in [4.78, 5) is 11.5. The minimum Gasteiger partial charge on any atom is -0.489 e. The Balaban J connectivity index is 1.83. The molecule has 0 spiro atoms. The van der Waals surface area contributed by atoms with Gasteiger partial charge in [-0.1, -0.05) is 30.3 Å². The minimum absolute atomic E-state index is 0.0275. The zero-order valence-electron chi connectivity index (χ0n) is 11.8. The summed E-state index contributed by atoms with van der Waals surface area (Å²) in [6.45, 7) is 0.544. The van der Waals surface area contributed by atoms with E-state index in [2.05, 4.69) is 5.32 Å². The molecule has 0 fully saturated rings. The van der Waals surface area contributed by atoms with Crippen LogP contribution in [0.25, 0.3) is 0 Å². The normalized spacial score (nSPS) is 10.1. The lowest BCUT2D eigenvalue weighted by molar-refractivity contribution is -0.116. The first-order chi connectivity index (χ1) is 10.3. The van der Waals surface area contributed by atoms with Gasteiger partial charge in [-0.25, -0.2) is 0 Å². The number of nitrogens with one attached hydrogen (secondary N) is 1. The Hall–Kier alpha value is -2.33. The molecular formula is C17H19NO3. The molecule has 0 saturated carbocycles. The van der Waals surface area contributed by atoms with E-state index < -0.39 is 0 Å². The van der Waals surface area contributed by atoms with Crippen molar-refractivity contribution >= 4 is 11.6 Å². The molecule has 110 valence electrons. The van der Waals surface area contributed by atoms with Gasteiger partial charge in [0, 0.05) is 18.7 Å². The molecule has 2 N–H and O–H groups in total. The predicted octanol–water partition coefficient (Wildman–Crippen LogP) is 2.98. The summed E-state index contributed by atoms with van der Waals surface area (Å²) in [6, 6.07) is 17.2. The smallest absolute Gasteiger partial charge is 0.224 e. The van der Waals surface area contributed by atoms with Crippen LogP contribution in [-0.4, -0.2) is 17.6 Å². The summed E-state index contributed by atoms with van der Waals surface area (Å²) in [5.41, 5.74) is 1.84. The molecule has 4 heteroatoms. The van der Waals surface area contributed by atoms with E-state index in [0.717, 1.165) is 17.0 Å².